The molecular formula is C14H18N2O4. The molecule has 1 spiro atoms. The van der Waals surface area contributed by atoms with Gasteiger partial charge in [0.05, 0.1) is 18.1 Å². The molecule has 0 amide bonds. The van der Waals surface area contributed by atoms with E-state index in [4.69, 9.17) is 9.47 Å². The predicted molar refractivity (Wildman–Crippen MR) is 75.0 cm³/mol. The van der Waals surface area contributed by atoms with Gasteiger partial charge in [0.1, 0.15) is 6.20 Å². The number of ether oxygens (including phenoxy) is 2. The molecule has 20 heavy (non-hydrogen) atoms. The highest BCUT2D eigenvalue weighted by atomic mass is 16.7. The fourth-order valence-corrected chi connectivity index (χ4v) is 2.39. The van der Waals surface area contributed by atoms with Crippen LogP contribution < -0.4 is 0 Å². The third-order valence-electron chi connectivity index (χ3n) is 3.49. The summed E-state index contributed by atoms with van der Waals surface area (Å²) in [6, 6.07) is 0. The largest absolute Gasteiger partial charge is 0.347 e. The van der Waals surface area contributed by atoms with E-state index in [0.29, 0.717) is 38.0 Å². The molecule has 0 saturated carbocycles. The van der Waals surface area contributed by atoms with Crippen molar-refractivity contribution in [1.82, 2.24) is 0 Å². The molecule has 0 unspecified atom stereocenters. The zero-order valence-corrected chi connectivity index (χ0v) is 11.5. The van der Waals surface area contributed by atoms with Crippen molar-refractivity contribution in [1.29, 1.82) is 0 Å². The summed E-state index contributed by atoms with van der Waals surface area (Å²) >= 11 is 0. The summed E-state index contributed by atoms with van der Waals surface area (Å²) in [5.41, 5.74) is 1.20. The third kappa shape index (κ3) is 3.02. The van der Waals surface area contributed by atoms with E-state index in [0.717, 1.165) is 5.57 Å². The number of hydrogen-bond donors (Lipinski definition) is 0. The minimum Gasteiger partial charge on any atom is -0.347 e. The lowest BCUT2D eigenvalue weighted by atomic mass is 9.89. The molecule has 1 saturated heterocycles. The minimum atomic E-state index is -0.524. The molecule has 0 aromatic heterocycles. The highest BCUT2D eigenvalue weighted by Gasteiger charge is 2.38. The Morgan fingerprint density at radius 2 is 2.25 bits per heavy atom. The van der Waals surface area contributed by atoms with Gasteiger partial charge in [-0.25, -0.2) is 0 Å². The number of allylic oxidation sites excluding steroid dienone is 1. The fourth-order valence-electron chi connectivity index (χ4n) is 2.39. The van der Waals surface area contributed by atoms with Crippen molar-refractivity contribution in [2.75, 3.05) is 13.2 Å². The first-order valence-electron chi connectivity index (χ1n) is 6.57. The fraction of sp³-hybridized carbons (Fsp3) is 0.500. The molecule has 6 nitrogen and oxygen atoms in total. The number of hydrogen-bond acceptors (Lipinski definition) is 5. The Balaban J connectivity index is 2.13. The Morgan fingerprint density at radius 1 is 1.55 bits per heavy atom. The van der Waals surface area contributed by atoms with E-state index < -0.39 is 10.7 Å². The SMILES string of the molecule is C=C(C1=CCC2(CC1)OCCO2)/C(=C\N=CC)[N+](=O)[O-]. The maximum atomic E-state index is 11.1. The van der Waals surface area contributed by atoms with Gasteiger partial charge < -0.3 is 9.47 Å². The molecule has 1 aliphatic heterocycles. The van der Waals surface area contributed by atoms with Gasteiger partial charge in [-0.2, -0.15) is 0 Å². The summed E-state index contributed by atoms with van der Waals surface area (Å²) in [6.45, 7) is 6.75. The summed E-state index contributed by atoms with van der Waals surface area (Å²) in [4.78, 5) is 14.4. The molecule has 0 aromatic carbocycles. The summed E-state index contributed by atoms with van der Waals surface area (Å²) < 4.78 is 11.2. The molecule has 0 bridgehead atoms. The molecule has 1 heterocycles. The number of rotatable bonds is 4. The van der Waals surface area contributed by atoms with Gasteiger partial charge in [-0.05, 0) is 18.9 Å². The Labute approximate surface area is 117 Å². The first-order valence-corrected chi connectivity index (χ1v) is 6.57. The Kier molecular flexibility index (Phi) is 4.46. The lowest BCUT2D eigenvalue weighted by Crippen LogP contribution is -2.32. The monoisotopic (exact) mass is 278 g/mol. The van der Waals surface area contributed by atoms with Crippen molar-refractivity contribution in [2.45, 2.75) is 32.0 Å². The van der Waals surface area contributed by atoms with Crippen LogP contribution in [0.1, 0.15) is 26.2 Å². The average Bonchev–Trinajstić information content (AvgIpc) is 2.88. The molecule has 0 atom stereocenters. The molecule has 0 N–H and O–H groups in total. The quantitative estimate of drug-likeness (QED) is 0.343. The van der Waals surface area contributed by atoms with Crippen LogP contribution in [0.25, 0.3) is 0 Å². The van der Waals surface area contributed by atoms with Gasteiger partial charge in [-0.3, -0.25) is 15.1 Å². The summed E-state index contributed by atoms with van der Waals surface area (Å²) in [7, 11) is 0. The van der Waals surface area contributed by atoms with E-state index >= 15 is 0 Å². The van der Waals surface area contributed by atoms with Crippen LogP contribution in [0.15, 0.2) is 40.7 Å². The van der Waals surface area contributed by atoms with Crippen LogP contribution in [0.4, 0.5) is 0 Å². The van der Waals surface area contributed by atoms with E-state index in [9.17, 15) is 10.1 Å². The molecule has 1 fully saturated rings. The van der Waals surface area contributed by atoms with Gasteiger partial charge in [-0.1, -0.05) is 12.7 Å². The molecule has 1 aliphatic carbocycles. The van der Waals surface area contributed by atoms with Crippen LogP contribution in [-0.2, 0) is 9.47 Å². The van der Waals surface area contributed by atoms with Gasteiger partial charge >= 0.3 is 0 Å². The second-order valence-corrected chi connectivity index (χ2v) is 4.70. The lowest BCUT2D eigenvalue weighted by molar-refractivity contribution is -0.420. The summed E-state index contributed by atoms with van der Waals surface area (Å²) in [5.74, 6) is -0.524. The standard InChI is InChI=1S/C14H18N2O4/c1-3-15-10-13(16(17)18)11(2)12-4-6-14(7-5-12)19-8-9-20-14/h3-4,10H,2,5-9H2,1H3/b13-10+,15-3?. The van der Waals surface area contributed by atoms with Crippen LogP contribution in [0, 0.1) is 10.1 Å². The van der Waals surface area contributed by atoms with Crippen molar-refractivity contribution >= 4 is 6.21 Å². The maximum Gasteiger partial charge on any atom is 0.294 e. The van der Waals surface area contributed by atoms with Crippen molar-refractivity contribution in [3.8, 4) is 0 Å². The highest BCUT2D eigenvalue weighted by molar-refractivity contribution is 5.55. The van der Waals surface area contributed by atoms with Crippen molar-refractivity contribution in [2.24, 2.45) is 4.99 Å². The summed E-state index contributed by atoms with van der Waals surface area (Å²) in [5, 5.41) is 11.1. The molecule has 2 aliphatic rings. The molecule has 2 rings (SSSR count). The molecular weight excluding hydrogens is 260 g/mol. The van der Waals surface area contributed by atoms with Gasteiger partial charge in [0, 0.05) is 24.6 Å². The van der Waals surface area contributed by atoms with Crippen molar-refractivity contribution in [3.63, 3.8) is 0 Å². The third-order valence-corrected chi connectivity index (χ3v) is 3.49. The van der Waals surface area contributed by atoms with Gasteiger partial charge in [0.15, 0.2) is 5.79 Å². The Morgan fingerprint density at radius 3 is 2.75 bits per heavy atom. The first-order chi connectivity index (χ1) is 9.58. The van der Waals surface area contributed by atoms with Crippen molar-refractivity contribution in [3.05, 3.63) is 45.8 Å². The van der Waals surface area contributed by atoms with Crippen LogP contribution in [0.5, 0.6) is 0 Å². The number of nitrogens with zero attached hydrogens (tertiary/aromatic N) is 2. The van der Waals surface area contributed by atoms with Crippen LogP contribution >= 0.6 is 0 Å². The van der Waals surface area contributed by atoms with Crippen LogP contribution in [0.3, 0.4) is 0 Å². The van der Waals surface area contributed by atoms with Crippen LogP contribution in [-0.4, -0.2) is 30.1 Å². The zero-order chi connectivity index (χ0) is 14.6. The number of nitro groups is 1. The highest BCUT2D eigenvalue weighted by Crippen LogP contribution is 2.37. The Hall–Kier alpha value is -1.79. The first kappa shape index (κ1) is 14.6. The molecule has 108 valence electrons. The molecule has 0 aromatic rings. The van der Waals surface area contributed by atoms with Gasteiger partial charge in [0.25, 0.3) is 5.70 Å². The maximum absolute atomic E-state index is 11.1. The molecule has 0 radical (unpaired) electrons. The topological polar surface area (TPSA) is 74.0 Å². The average molecular weight is 278 g/mol. The van der Waals surface area contributed by atoms with E-state index in [-0.39, 0.29) is 5.70 Å². The normalized spacial score (nSPS) is 22.2. The predicted octanol–water partition coefficient (Wildman–Crippen LogP) is 2.60. The van der Waals surface area contributed by atoms with Gasteiger partial charge in [0.2, 0.25) is 0 Å². The van der Waals surface area contributed by atoms with Gasteiger partial charge in [-0.15, -0.1) is 0 Å². The lowest BCUT2D eigenvalue weighted by Gasteiger charge is -2.30. The number of aliphatic imine (C=N–C) groups is 1. The zero-order valence-electron chi connectivity index (χ0n) is 11.5. The summed E-state index contributed by atoms with van der Waals surface area (Å²) in [6.07, 6.45) is 6.60. The molecule has 6 heteroatoms. The minimum absolute atomic E-state index is 0.0708. The second kappa shape index (κ2) is 6.11. The van der Waals surface area contributed by atoms with E-state index in [2.05, 4.69) is 11.6 Å². The second-order valence-electron chi connectivity index (χ2n) is 4.70. The van der Waals surface area contributed by atoms with E-state index in [1.165, 1.54) is 12.4 Å². The van der Waals surface area contributed by atoms with E-state index in [1.807, 2.05) is 6.08 Å². The van der Waals surface area contributed by atoms with E-state index in [1.54, 1.807) is 6.92 Å². The smallest absolute Gasteiger partial charge is 0.294 e. The Bertz CT molecular complexity index is 499. The van der Waals surface area contributed by atoms with Crippen LogP contribution in [0.2, 0.25) is 0 Å². The van der Waals surface area contributed by atoms with Crippen molar-refractivity contribution < 1.29 is 14.4 Å².